The van der Waals surface area contributed by atoms with Gasteiger partial charge in [0, 0.05) is 17.5 Å². The monoisotopic (exact) mass is 335 g/mol. The van der Waals surface area contributed by atoms with Crippen LogP contribution in [-0.4, -0.2) is 29.6 Å². The van der Waals surface area contributed by atoms with E-state index in [1.165, 1.54) is 32.1 Å². The number of hydrogen-bond donors (Lipinski definition) is 1. The van der Waals surface area contributed by atoms with Crippen LogP contribution in [0.5, 0.6) is 5.75 Å². The van der Waals surface area contributed by atoms with Crippen LogP contribution in [0.25, 0.3) is 0 Å². The van der Waals surface area contributed by atoms with Crippen LogP contribution in [-0.2, 0) is 4.79 Å². The van der Waals surface area contributed by atoms with E-state index < -0.39 is 6.10 Å². The fraction of sp³-hybridized carbons (Fsp3) is 0.632. The van der Waals surface area contributed by atoms with Crippen molar-refractivity contribution in [3.05, 3.63) is 29.3 Å². The minimum Gasteiger partial charge on any atom is -0.481 e. The van der Waals surface area contributed by atoms with Crippen LogP contribution in [0.2, 0.25) is 0 Å². The molecule has 1 aromatic rings. The molecule has 1 amide bonds. The molecule has 1 N–H and O–H groups in total. The Morgan fingerprint density at radius 3 is 2.52 bits per heavy atom. The minimum atomic E-state index is -0.462. The van der Waals surface area contributed by atoms with E-state index in [0.29, 0.717) is 0 Å². The van der Waals surface area contributed by atoms with Crippen molar-refractivity contribution in [1.82, 2.24) is 5.32 Å². The number of aryl methyl sites for hydroxylation is 2. The number of amides is 1. The number of hydrogen-bond acceptors (Lipinski definition) is 3. The van der Waals surface area contributed by atoms with E-state index in [1.54, 1.807) is 6.92 Å². The molecular weight excluding hydrogens is 306 g/mol. The van der Waals surface area contributed by atoms with Crippen molar-refractivity contribution in [2.24, 2.45) is 0 Å². The third kappa shape index (κ3) is 6.46. The smallest absolute Gasteiger partial charge is 0.260 e. The number of nitrogens with one attached hydrogen (secondary N) is 1. The van der Waals surface area contributed by atoms with E-state index in [9.17, 15) is 4.79 Å². The highest BCUT2D eigenvalue weighted by Gasteiger charge is 2.16. The zero-order valence-corrected chi connectivity index (χ0v) is 15.4. The van der Waals surface area contributed by atoms with Gasteiger partial charge in [-0.15, -0.1) is 0 Å². The largest absolute Gasteiger partial charge is 0.481 e. The number of thioether (sulfide) groups is 1. The Morgan fingerprint density at radius 2 is 1.87 bits per heavy atom. The molecule has 0 unspecified atom stereocenters. The quantitative estimate of drug-likeness (QED) is 0.757. The maximum atomic E-state index is 12.1. The van der Waals surface area contributed by atoms with Crippen LogP contribution in [0, 0.1) is 13.8 Å². The summed E-state index contributed by atoms with van der Waals surface area (Å²) in [5.41, 5.74) is 2.30. The number of carbonyl (C=O) groups is 1. The van der Waals surface area contributed by atoms with Gasteiger partial charge in [-0.25, -0.2) is 0 Å². The molecule has 1 saturated carbocycles. The van der Waals surface area contributed by atoms with Crippen LogP contribution in [0.4, 0.5) is 0 Å². The second-order valence-electron chi connectivity index (χ2n) is 6.51. The SMILES string of the molecule is Cc1cc(C)cc(O[C@@H](C)C(=O)NCCSC2CCCCC2)c1. The summed E-state index contributed by atoms with van der Waals surface area (Å²) in [7, 11) is 0. The van der Waals surface area contributed by atoms with Gasteiger partial charge < -0.3 is 10.1 Å². The van der Waals surface area contributed by atoms with Gasteiger partial charge in [-0.2, -0.15) is 11.8 Å². The first-order valence-corrected chi connectivity index (χ1v) is 9.74. The summed E-state index contributed by atoms with van der Waals surface area (Å²) < 4.78 is 5.77. The highest BCUT2D eigenvalue weighted by Crippen LogP contribution is 2.27. The van der Waals surface area contributed by atoms with Crippen LogP contribution >= 0.6 is 11.8 Å². The molecule has 0 aromatic heterocycles. The van der Waals surface area contributed by atoms with Crippen molar-refractivity contribution in [2.45, 2.75) is 64.2 Å². The normalized spacial score (nSPS) is 16.8. The Kier molecular flexibility index (Phi) is 7.28. The predicted molar refractivity (Wildman–Crippen MR) is 98.3 cm³/mol. The molecule has 0 spiro atoms. The zero-order chi connectivity index (χ0) is 16.7. The summed E-state index contributed by atoms with van der Waals surface area (Å²) in [4.78, 5) is 12.1. The van der Waals surface area contributed by atoms with E-state index in [1.807, 2.05) is 37.7 Å². The summed E-state index contributed by atoms with van der Waals surface area (Å²) in [6, 6.07) is 6.03. The Labute approximate surface area is 144 Å². The number of carbonyl (C=O) groups excluding carboxylic acids is 1. The molecule has 4 heteroatoms. The lowest BCUT2D eigenvalue weighted by atomic mass is 10.0. The molecule has 128 valence electrons. The van der Waals surface area contributed by atoms with Gasteiger partial charge in [0.2, 0.25) is 0 Å². The van der Waals surface area contributed by atoms with Crippen LogP contribution < -0.4 is 10.1 Å². The molecule has 0 heterocycles. The Hall–Kier alpha value is -1.16. The summed E-state index contributed by atoms with van der Waals surface area (Å²) in [5.74, 6) is 1.72. The van der Waals surface area contributed by atoms with Gasteiger partial charge in [0.05, 0.1) is 0 Å². The lowest BCUT2D eigenvalue weighted by molar-refractivity contribution is -0.127. The topological polar surface area (TPSA) is 38.3 Å². The van der Waals surface area contributed by atoms with Crippen molar-refractivity contribution in [3.63, 3.8) is 0 Å². The van der Waals surface area contributed by atoms with Crippen molar-refractivity contribution in [2.75, 3.05) is 12.3 Å². The number of benzene rings is 1. The molecule has 1 aliphatic carbocycles. The third-order valence-electron chi connectivity index (χ3n) is 4.18. The molecule has 3 nitrogen and oxygen atoms in total. The molecule has 23 heavy (non-hydrogen) atoms. The molecule has 1 fully saturated rings. The Bertz CT molecular complexity index is 492. The van der Waals surface area contributed by atoms with Crippen LogP contribution in [0.1, 0.15) is 50.2 Å². The van der Waals surface area contributed by atoms with Gasteiger partial charge in [-0.3, -0.25) is 4.79 Å². The first-order chi connectivity index (χ1) is 11.0. The highest BCUT2D eigenvalue weighted by molar-refractivity contribution is 7.99. The molecule has 1 atom stereocenters. The van der Waals surface area contributed by atoms with Crippen molar-refractivity contribution >= 4 is 17.7 Å². The summed E-state index contributed by atoms with van der Waals surface area (Å²) in [5, 5.41) is 3.78. The first kappa shape index (κ1) is 18.2. The lowest BCUT2D eigenvalue weighted by Gasteiger charge is -2.21. The second-order valence-corrected chi connectivity index (χ2v) is 7.91. The molecule has 1 aromatic carbocycles. The van der Waals surface area contributed by atoms with Gasteiger partial charge in [-0.05, 0) is 56.9 Å². The maximum Gasteiger partial charge on any atom is 0.260 e. The van der Waals surface area contributed by atoms with Crippen molar-refractivity contribution in [3.8, 4) is 5.75 Å². The van der Waals surface area contributed by atoms with E-state index in [2.05, 4.69) is 11.4 Å². The molecule has 2 rings (SSSR count). The molecule has 0 bridgehead atoms. The predicted octanol–water partition coefficient (Wildman–Crippen LogP) is 4.25. The number of ether oxygens (including phenoxy) is 1. The maximum absolute atomic E-state index is 12.1. The van der Waals surface area contributed by atoms with Crippen LogP contribution in [0.15, 0.2) is 18.2 Å². The zero-order valence-electron chi connectivity index (χ0n) is 14.6. The van der Waals surface area contributed by atoms with Gasteiger partial charge >= 0.3 is 0 Å². The van der Waals surface area contributed by atoms with Crippen molar-refractivity contribution < 1.29 is 9.53 Å². The summed E-state index contributed by atoms with van der Waals surface area (Å²) in [6.07, 6.45) is 6.34. The third-order valence-corrected chi connectivity index (χ3v) is 5.57. The Balaban J connectivity index is 1.68. The van der Waals surface area contributed by atoms with Gasteiger partial charge in [-0.1, -0.05) is 25.3 Å². The summed E-state index contributed by atoms with van der Waals surface area (Å²) in [6.45, 7) is 6.60. The van der Waals surface area contributed by atoms with Crippen molar-refractivity contribution in [1.29, 1.82) is 0 Å². The van der Waals surface area contributed by atoms with E-state index in [0.717, 1.165) is 34.4 Å². The van der Waals surface area contributed by atoms with Gasteiger partial charge in [0.25, 0.3) is 5.91 Å². The fourth-order valence-corrected chi connectivity index (χ4v) is 4.25. The minimum absolute atomic E-state index is 0.0339. The Morgan fingerprint density at radius 1 is 1.22 bits per heavy atom. The molecule has 1 aliphatic rings. The fourth-order valence-electron chi connectivity index (χ4n) is 3.03. The molecular formula is C19H29NO2S. The van der Waals surface area contributed by atoms with Crippen LogP contribution in [0.3, 0.4) is 0 Å². The standard InChI is InChI=1S/C19H29NO2S/c1-14-11-15(2)13-17(12-14)22-16(3)19(21)20-9-10-23-18-7-5-4-6-8-18/h11-13,16,18H,4-10H2,1-3H3,(H,20,21)/t16-/m0/s1. The van der Waals surface area contributed by atoms with E-state index >= 15 is 0 Å². The molecule has 0 aliphatic heterocycles. The average Bonchev–Trinajstić information content (AvgIpc) is 2.51. The van der Waals surface area contributed by atoms with Gasteiger partial charge in [0.15, 0.2) is 6.10 Å². The molecule has 0 saturated heterocycles. The summed E-state index contributed by atoms with van der Waals surface area (Å²) >= 11 is 2.00. The van der Waals surface area contributed by atoms with E-state index in [-0.39, 0.29) is 5.91 Å². The van der Waals surface area contributed by atoms with E-state index in [4.69, 9.17) is 4.74 Å². The first-order valence-electron chi connectivity index (χ1n) is 8.69. The average molecular weight is 336 g/mol. The highest BCUT2D eigenvalue weighted by atomic mass is 32.2. The lowest BCUT2D eigenvalue weighted by Crippen LogP contribution is -2.37. The molecule has 0 radical (unpaired) electrons. The second kappa shape index (κ2) is 9.21. The van der Waals surface area contributed by atoms with Gasteiger partial charge in [0.1, 0.15) is 5.75 Å². The number of rotatable bonds is 7.